The van der Waals surface area contributed by atoms with E-state index in [0.717, 1.165) is 12.8 Å². The molecule has 4 radical (unpaired) electrons. The SMILES string of the molecule is CC(C)=CCC/C(C)=C/CO.[Sn]. The average molecular weight is 273 g/mol. The molecule has 0 aromatic carbocycles. The second kappa shape index (κ2) is 9.33. The Kier molecular flexibility index (Phi) is 11.5. The molecule has 0 atom stereocenters. The fourth-order valence-corrected chi connectivity index (χ4v) is 0.846. The quantitative estimate of drug-likeness (QED) is 0.615. The standard InChI is InChI=1S/C10H18O.Sn/c1-9(2)5-4-6-10(3)7-8-11;/h5,7,11H,4,6,8H2,1-3H3;/b10-7+;. The Balaban J connectivity index is 0. The van der Waals surface area contributed by atoms with Gasteiger partial charge in [0.1, 0.15) is 0 Å². The first-order valence-corrected chi connectivity index (χ1v) is 4.06. The number of aliphatic hydroxyl groups excluding tert-OH is 1. The van der Waals surface area contributed by atoms with Crippen molar-refractivity contribution < 1.29 is 5.11 Å². The monoisotopic (exact) mass is 274 g/mol. The topological polar surface area (TPSA) is 20.2 Å². The van der Waals surface area contributed by atoms with Gasteiger partial charge in [0.25, 0.3) is 0 Å². The fraction of sp³-hybridized carbons (Fsp3) is 0.600. The van der Waals surface area contributed by atoms with Gasteiger partial charge in [0.05, 0.1) is 6.61 Å². The molecule has 0 unspecified atom stereocenters. The first-order chi connectivity index (χ1) is 5.16. The van der Waals surface area contributed by atoms with Crippen molar-refractivity contribution in [3.05, 3.63) is 23.3 Å². The predicted molar refractivity (Wildman–Crippen MR) is 55.3 cm³/mol. The van der Waals surface area contributed by atoms with Gasteiger partial charge >= 0.3 is 0 Å². The molecule has 0 heterocycles. The van der Waals surface area contributed by atoms with Gasteiger partial charge in [-0.2, -0.15) is 0 Å². The summed E-state index contributed by atoms with van der Waals surface area (Å²) < 4.78 is 0. The molecule has 0 aliphatic heterocycles. The summed E-state index contributed by atoms with van der Waals surface area (Å²) in [5.74, 6) is 0. The van der Waals surface area contributed by atoms with E-state index in [-0.39, 0.29) is 30.5 Å². The number of rotatable bonds is 4. The van der Waals surface area contributed by atoms with Crippen molar-refractivity contribution in [1.82, 2.24) is 0 Å². The van der Waals surface area contributed by atoms with Crippen LogP contribution in [0, 0.1) is 0 Å². The van der Waals surface area contributed by atoms with Crippen LogP contribution >= 0.6 is 0 Å². The first-order valence-electron chi connectivity index (χ1n) is 4.06. The molecule has 0 rings (SSSR count). The van der Waals surface area contributed by atoms with E-state index in [4.69, 9.17) is 5.11 Å². The molecular formula is C10H18OSn. The molecule has 0 aliphatic rings. The van der Waals surface area contributed by atoms with Crippen molar-refractivity contribution in [3.63, 3.8) is 0 Å². The van der Waals surface area contributed by atoms with Crippen LogP contribution in [-0.4, -0.2) is 35.6 Å². The normalized spacial score (nSPS) is 10.5. The van der Waals surface area contributed by atoms with Crippen LogP contribution in [0.3, 0.4) is 0 Å². The molecule has 0 aromatic heterocycles. The number of allylic oxidation sites excluding steroid dienone is 3. The number of hydrogen-bond donors (Lipinski definition) is 1. The molecule has 12 heavy (non-hydrogen) atoms. The van der Waals surface area contributed by atoms with E-state index in [1.165, 1.54) is 11.1 Å². The molecule has 0 saturated carbocycles. The van der Waals surface area contributed by atoms with Gasteiger partial charge in [-0.05, 0) is 33.6 Å². The summed E-state index contributed by atoms with van der Waals surface area (Å²) in [5, 5.41) is 8.55. The summed E-state index contributed by atoms with van der Waals surface area (Å²) in [7, 11) is 0. The van der Waals surface area contributed by atoms with Gasteiger partial charge < -0.3 is 5.11 Å². The Morgan fingerprint density at radius 2 is 1.75 bits per heavy atom. The Morgan fingerprint density at radius 1 is 1.17 bits per heavy atom. The summed E-state index contributed by atoms with van der Waals surface area (Å²) >= 11 is 0. The zero-order valence-corrected chi connectivity index (χ0v) is 11.1. The Morgan fingerprint density at radius 3 is 2.17 bits per heavy atom. The number of hydrogen-bond acceptors (Lipinski definition) is 1. The van der Waals surface area contributed by atoms with E-state index in [1.807, 2.05) is 6.08 Å². The van der Waals surface area contributed by atoms with Gasteiger partial charge in [-0.3, -0.25) is 0 Å². The molecule has 68 valence electrons. The summed E-state index contributed by atoms with van der Waals surface area (Å²) in [6, 6.07) is 0. The van der Waals surface area contributed by atoms with Crippen molar-refractivity contribution in [3.8, 4) is 0 Å². The summed E-state index contributed by atoms with van der Waals surface area (Å²) in [4.78, 5) is 0. The van der Waals surface area contributed by atoms with Crippen molar-refractivity contribution in [2.75, 3.05) is 6.61 Å². The Bertz CT molecular complexity index is 155. The van der Waals surface area contributed by atoms with E-state index < -0.39 is 0 Å². The van der Waals surface area contributed by atoms with E-state index >= 15 is 0 Å². The van der Waals surface area contributed by atoms with Crippen LogP contribution in [0.25, 0.3) is 0 Å². The Labute approximate surface area is 92.5 Å². The molecule has 0 aliphatic carbocycles. The molecule has 0 fully saturated rings. The van der Waals surface area contributed by atoms with Crippen LogP contribution < -0.4 is 0 Å². The molecule has 0 bridgehead atoms. The van der Waals surface area contributed by atoms with Gasteiger partial charge in [0.15, 0.2) is 0 Å². The zero-order chi connectivity index (χ0) is 8.69. The molecule has 1 N–H and O–H groups in total. The maximum absolute atomic E-state index is 8.55. The summed E-state index contributed by atoms with van der Waals surface area (Å²) in [5.41, 5.74) is 2.63. The minimum Gasteiger partial charge on any atom is -0.392 e. The third-order valence-electron chi connectivity index (χ3n) is 1.53. The zero-order valence-electron chi connectivity index (χ0n) is 8.22. The van der Waals surface area contributed by atoms with Crippen LogP contribution in [0.4, 0.5) is 0 Å². The van der Waals surface area contributed by atoms with Gasteiger partial charge in [-0.25, -0.2) is 0 Å². The third-order valence-corrected chi connectivity index (χ3v) is 1.53. The molecule has 0 saturated heterocycles. The largest absolute Gasteiger partial charge is 0.392 e. The minimum atomic E-state index is 0. The van der Waals surface area contributed by atoms with Crippen molar-refractivity contribution in [2.24, 2.45) is 0 Å². The molecular weight excluding hydrogens is 255 g/mol. The van der Waals surface area contributed by atoms with Crippen LogP contribution in [0.5, 0.6) is 0 Å². The molecule has 0 spiro atoms. The Hall–Kier alpha value is 0.239. The number of aliphatic hydroxyl groups is 1. The van der Waals surface area contributed by atoms with Crippen LogP contribution in [-0.2, 0) is 0 Å². The van der Waals surface area contributed by atoms with Gasteiger partial charge in [0, 0.05) is 23.9 Å². The van der Waals surface area contributed by atoms with Crippen LogP contribution in [0.15, 0.2) is 23.3 Å². The minimum absolute atomic E-state index is 0. The van der Waals surface area contributed by atoms with Crippen molar-refractivity contribution in [2.45, 2.75) is 33.6 Å². The van der Waals surface area contributed by atoms with Crippen molar-refractivity contribution in [1.29, 1.82) is 0 Å². The van der Waals surface area contributed by atoms with Crippen molar-refractivity contribution >= 4 is 23.9 Å². The van der Waals surface area contributed by atoms with E-state index in [1.54, 1.807) is 0 Å². The average Bonchev–Trinajstić information content (AvgIpc) is 1.87. The molecule has 2 heteroatoms. The van der Waals surface area contributed by atoms with E-state index in [9.17, 15) is 0 Å². The summed E-state index contributed by atoms with van der Waals surface area (Å²) in [6.07, 6.45) is 6.23. The first kappa shape index (κ1) is 14.7. The van der Waals surface area contributed by atoms with Gasteiger partial charge in [0.2, 0.25) is 0 Å². The maximum atomic E-state index is 8.55. The molecule has 0 amide bonds. The van der Waals surface area contributed by atoms with Gasteiger partial charge in [-0.15, -0.1) is 0 Å². The van der Waals surface area contributed by atoms with Gasteiger partial charge in [-0.1, -0.05) is 23.3 Å². The predicted octanol–water partition coefficient (Wildman–Crippen LogP) is 2.29. The van der Waals surface area contributed by atoms with E-state index in [0.29, 0.717) is 0 Å². The van der Waals surface area contributed by atoms with E-state index in [2.05, 4.69) is 26.8 Å². The molecule has 0 aromatic rings. The summed E-state index contributed by atoms with van der Waals surface area (Å²) in [6.45, 7) is 6.42. The van der Waals surface area contributed by atoms with Crippen LogP contribution in [0.2, 0.25) is 0 Å². The maximum Gasteiger partial charge on any atom is 0.0614 e. The second-order valence-corrected chi connectivity index (χ2v) is 3.05. The third kappa shape index (κ3) is 10.2. The smallest absolute Gasteiger partial charge is 0.0614 e. The second-order valence-electron chi connectivity index (χ2n) is 3.05. The molecule has 1 nitrogen and oxygen atoms in total. The van der Waals surface area contributed by atoms with Crippen LogP contribution in [0.1, 0.15) is 33.6 Å². The fourth-order valence-electron chi connectivity index (χ4n) is 0.846.